The Labute approximate surface area is 183 Å². The van der Waals surface area contributed by atoms with Crippen molar-refractivity contribution in [1.29, 1.82) is 0 Å². The summed E-state index contributed by atoms with van der Waals surface area (Å²) in [5.74, 6) is 0.331. The first-order valence-corrected chi connectivity index (χ1v) is 11.1. The van der Waals surface area contributed by atoms with E-state index < -0.39 is 28.7 Å². The van der Waals surface area contributed by atoms with E-state index in [1.165, 1.54) is 36.4 Å². The normalized spacial score (nSPS) is 13.7. The maximum atomic E-state index is 12.9. The molecule has 3 N–H and O–H groups in total. The number of alkyl halides is 1. The summed E-state index contributed by atoms with van der Waals surface area (Å²) in [5.41, 5.74) is 0. The molecule has 0 aliphatic heterocycles. The first-order valence-electron chi connectivity index (χ1n) is 8.31. The lowest BCUT2D eigenvalue weighted by atomic mass is 10.3. The largest absolute Gasteiger partial charge is 0.491 e. The molecule has 0 saturated carbocycles. The van der Waals surface area contributed by atoms with Crippen LogP contribution in [0.3, 0.4) is 0 Å². The molecule has 0 unspecified atom stereocenters. The van der Waals surface area contributed by atoms with Crippen molar-refractivity contribution in [1.82, 2.24) is 0 Å². The molecule has 0 aliphatic carbocycles. The van der Waals surface area contributed by atoms with E-state index >= 15 is 0 Å². The lowest BCUT2D eigenvalue weighted by Crippen LogP contribution is -2.21. The zero-order valence-corrected chi connectivity index (χ0v) is 18.0. The van der Waals surface area contributed by atoms with Crippen LogP contribution in [0.1, 0.15) is 0 Å². The molecule has 2 aromatic rings. The Hall–Kier alpha value is -1.26. The van der Waals surface area contributed by atoms with Crippen molar-refractivity contribution in [2.24, 2.45) is 0 Å². The minimum absolute atomic E-state index is 0.0223. The van der Waals surface area contributed by atoms with Gasteiger partial charge in [-0.1, -0.05) is 23.2 Å². The second kappa shape index (κ2) is 10.7. The Balaban J connectivity index is 2.22. The average Bonchev–Trinajstić information content (AvgIpc) is 2.71. The van der Waals surface area contributed by atoms with Crippen LogP contribution >= 0.6 is 34.8 Å². The summed E-state index contributed by atoms with van der Waals surface area (Å²) < 4.78 is 36.3. The predicted molar refractivity (Wildman–Crippen MR) is 109 cm³/mol. The van der Waals surface area contributed by atoms with Gasteiger partial charge in [-0.2, -0.15) is 0 Å². The summed E-state index contributed by atoms with van der Waals surface area (Å²) >= 11 is 17.7. The van der Waals surface area contributed by atoms with Gasteiger partial charge in [0.25, 0.3) is 0 Å². The molecule has 2 aromatic carbocycles. The topological polar surface area (TPSA) is 113 Å². The number of aliphatic hydroxyl groups is 3. The van der Waals surface area contributed by atoms with E-state index in [1.807, 2.05) is 0 Å². The molecule has 2 atom stereocenters. The second-order valence-electron chi connectivity index (χ2n) is 5.96. The second-order valence-corrected chi connectivity index (χ2v) is 9.03. The van der Waals surface area contributed by atoms with Crippen LogP contribution in [-0.4, -0.2) is 61.6 Å². The standard InChI is InChI=1S/C18H19Cl3O7S/c19-7-11(23)9-28-18-16(20)5-15(6-17(18)21)29(25,26)14-3-1-13(2-4-14)27-10-12(24)8-22/h1-6,11-12,22-24H,7-10H2/t11-,12+/m0/s1. The van der Waals surface area contributed by atoms with Crippen LogP contribution in [0.4, 0.5) is 0 Å². The van der Waals surface area contributed by atoms with Gasteiger partial charge in [0.2, 0.25) is 9.84 Å². The van der Waals surface area contributed by atoms with Crippen molar-refractivity contribution < 1.29 is 33.2 Å². The fourth-order valence-electron chi connectivity index (χ4n) is 2.15. The van der Waals surface area contributed by atoms with Gasteiger partial charge in [-0.05, 0) is 36.4 Å². The summed E-state index contributed by atoms with van der Waals surface area (Å²) in [5, 5.41) is 27.5. The monoisotopic (exact) mass is 484 g/mol. The minimum atomic E-state index is -3.93. The van der Waals surface area contributed by atoms with Gasteiger partial charge in [0, 0.05) is 0 Å². The maximum absolute atomic E-state index is 12.9. The number of rotatable bonds is 10. The van der Waals surface area contributed by atoms with Crippen LogP contribution in [0.15, 0.2) is 46.2 Å². The van der Waals surface area contributed by atoms with Gasteiger partial charge in [0.1, 0.15) is 31.2 Å². The van der Waals surface area contributed by atoms with Crippen LogP contribution in [0.2, 0.25) is 10.0 Å². The van der Waals surface area contributed by atoms with Crippen molar-refractivity contribution in [3.63, 3.8) is 0 Å². The molecule has 7 nitrogen and oxygen atoms in total. The number of hydrogen-bond acceptors (Lipinski definition) is 7. The Morgan fingerprint density at radius 1 is 0.897 bits per heavy atom. The maximum Gasteiger partial charge on any atom is 0.206 e. The van der Waals surface area contributed by atoms with Crippen LogP contribution < -0.4 is 9.47 Å². The van der Waals surface area contributed by atoms with Gasteiger partial charge in [-0.25, -0.2) is 8.42 Å². The minimum Gasteiger partial charge on any atom is -0.491 e. The summed E-state index contributed by atoms with van der Waals surface area (Å²) in [6.07, 6.45) is -1.96. The highest BCUT2D eigenvalue weighted by Crippen LogP contribution is 2.37. The van der Waals surface area contributed by atoms with E-state index in [0.717, 1.165) is 0 Å². The van der Waals surface area contributed by atoms with Crippen LogP contribution in [0.25, 0.3) is 0 Å². The van der Waals surface area contributed by atoms with Crippen molar-refractivity contribution >= 4 is 44.6 Å². The van der Waals surface area contributed by atoms with E-state index in [4.69, 9.17) is 49.4 Å². The first kappa shape index (κ1) is 24.0. The zero-order chi connectivity index (χ0) is 21.6. The van der Waals surface area contributed by atoms with Gasteiger partial charge in [0.15, 0.2) is 5.75 Å². The van der Waals surface area contributed by atoms with Gasteiger partial charge in [-0.15, -0.1) is 11.6 Å². The van der Waals surface area contributed by atoms with E-state index in [0.29, 0.717) is 5.75 Å². The third kappa shape index (κ3) is 6.36. The molecule has 0 aliphatic rings. The molecule has 0 bridgehead atoms. The highest BCUT2D eigenvalue weighted by atomic mass is 35.5. The number of ether oxygens (including phenoxy) is 2. The van der Waals surface area contributed by atoms with Crippen molar-refractivity contribution in [3.8, 4) is 11.5 Å². The van der Waals surface area contributed by atoms with Crippen molar-refractivity contribution in [2.75, 3.05) is 25.7 Å². The van der Waals surface area contributed by atoms with E-state index in [2.05, 4.69) is 0 Å². The molecule has 29 heavy (non-hydrogen) atoms. The summed E-state index contributed by atoms with van der Waals surface area (Å²) in [7, 11) is -3.93. The number of benzene rings is 2. The predicted octanol–water partition coefficient (Wildman–Crippen LogP) is 2.54. The molecule has 0 heterocycles. The molecular formula is C18H19Cl3O7S. The van der Waals surface area contributed by atoms with Gasteiger partial charge in [0.05, 0.1) is 32.3 Å². The number of sulfone groups is 1. The molecule has 0 radical (unpaired) electrons. The number of hydrogen-bond donors (Lipinski definition) is 3. The number of aliphatic hydroxyl groups excluding tert-OH is 3. The summed E-state index contributed by atoms with van der Waals surface area (Å²) in [4.78, 5) is -0.159. The molecular weight excluding hydrogens is 467 g/mol. The lowest BCUT2D eigenvalue weighted by molar-refractivity contribution is 0.0536. The first-order chi connectivity index (χ1) is 13.7. The van der Waals surface area contributed by atoms with Crippen molar-refractivity contribution in [3.05, 3.63) is 46.4 Å². The third-order valence-corrected chi connectivity index (χ3v) is 6.33. The highest BCUT2D eigenvalue weighted by molar-refractivity contribution is 7.91. The SMILES string of the molecule is O=S(=O)(c1ccc(OC[C@H](O)CO)cc1)c1cc(Cl)c(OC[C@@H](O)CCl)c(Cl)c1. The molecule has 11 heteroatoms. The van der Waals surface area contributed by atoms with E-state index in [9.17, 15) is 18.6 Å². The molecule has 2 rings (SSSR count). The van der Waals surface area contributed by atoms with Crippen LogP contribution in [-0.2, 0) is 9.84 Å². The Morgan fingerprint density at radius 3 is 1.97 bits per heavy atom. The van der Waals surface area contributed by atoms with E-state index in [1.54, 1.807) is 0 Å². The van der Waals surface area contributed by atoms with Gasteiger partial charge >= 0.3 is 0 Å². The lowest BCUT2D eigenvalue weighted by Gasteiger charge is -2.14. The molecule has 0 saturated heterocycles. The zero-order valence-electron chi connectivity index (χ0n) is 15.0. The Kier molecular flexibility index (Phi) is 8.84. The molecule has 0 fully saturated rings. The summed E-state index contributed by atoms with van der Waals surface area (Å²) in [6.45, 7) is -0.728. The van der Waals surface area contributed by atoms with Crippen LogP contribution in [0.5, 0.6) is 11.5 Å². The molecule has 160 valence electrons. The Morgan fingerprint density at radius 2 is 1.45 bits per heavy atom. The van der Waals surface area contributed by atoms with E-state index in [-0.39, 0.29) is 44.7 Å². The smallest absolute Gasteiger partial charge is 0.206 e. The fraction of sp³-hybridized carbons (Fsp3) is 0.333. The van der Waals surface area contributed by atoms with Crippen LogP contribution in [0, 0.1) is 0 Å². The van der Waals surface area contributed by atoms with Crippen molar-refractivity contribution in [2.45, 2.75) is 22.0 Å². The Bertz CT molecular complexity index is 897. The molecule has 0 aromatic heterocycles. The molecule has 0 amide bonds. The quantitative estimate of drug-likeness (QED) is 0.443. The third-order valence-electron chi connectivity index (χ3n) is 3.67. The fourth-order valence-corrected chi connectivity index (χ4v) is 4.28. The van der Waals surface area contributed by atoms with Gasteiger partial charge < -0.3 is 24.8 Å². The average molecular weight is 486 g/mol. The molecule has 0 spiro atoms. The highest BCUT2D eigenvalue weighted by Gasteiger charge is 2.22. The summed E-state index contributed by atoms with van der Waals surface area (Å²) in [6, 6.07) is 7.91. The number of halogens is 3. The van der Waals surface area contributed by atoms with Gasteiger partial charge in [-0.3, -0.25) is 0 Å².